The summed E-state index contributed by atoms with van der Waals surface area (Å²) in [6.45, 7) is 1.55. The minimum Gasteiger partial charge on any atom is -0.291 e. The lowest BCUT2D eigenvalue weighted by Crippen LogP contribution is -2.35. The first-order chi connectivity index (χ1) is 5.52. The molecule has 0 aromatic heterocycles. The van der Waals surface area contributed by atoms with Gasteiger partial charge in [0.1, 0.15) is 0 Å². The van der Waals surface area contributed by atoms with Gasteiger partial charge in [-0.05, 0) is 5.19 Å². The normalized spacial score (nSPS) is 11.9. The molecule has 0 bridgehead atoms. The van der Waals surface area contributed by atoms with Crippen LogP contribution >= 0.6 is 0 Å². The zero-order valence-corrected chi connectivity index (χ0v) is 8.38. The summed E-state index contributed by atoms with van der Waals surface area (Å²) in [7, 11) is -5.71. The van der Waals surface area contributed by atoms with Crippen LogP contribution in [0.15, 0.2) is 30.3 Å². The van der Waals surface area contributed by atoms with Gasteiger partial charge in [-0.2, -0.15) is 0 Å². The zero-order valence-electron chi connectivity index (χ0n) is 6.56. The molecule has 0 amide bonds. The molecule has 0 aliphatic carbocycles. The Balaban J connectivity index is 3.02. The molecule has 1 N–H and O–H groups in total. The van der Waals surface area contributed by atoms with E-state index in [1.807, 2.05) is 6.07 Å². The van der Waals surface area contributed by atoms with E-state index in [9.17, 15) is 8.42 Å². The molecule has 0 saturated carbocycles. The average Bonchev–Trinajstić information content (AvgIpc) is 2.03. The van der Waals surface area contributed by atoms with Crippen LogP contribution in [0.1, 0.15) is 0 Å². The molecule has 1 aromatic carbocycles. The summed E-state index contributed by atoms with van der Waals surface area (Å²) in [6.07, 6.45) is 0. The Morgan fingerprint density at radius 3 is 2.17 bits per heavy atom. The van der Waals surface area contributed by atoms with Gasteiger partial charge in [0.15, 0.2) is 0 Å². The van der Waals surface area contributed by atoms with Crippen molar-refractivity contribution in [2.45, 2.75) is 6.55 Å². The molecule has 12 heavy (non-hydrogen) atoms. The Morgan fingerprint density at radius 2 is 1.75 bits per heavy atom. The summed E-state index contributed by atoms with van der Waals surface area (Å²) in [6, 6.07) is 8.75. The van der Waals surface area contributed by atoms with E-state index in [-0.39, 0.29) is 0 Å². The van der Waals surface area contributed by atoms with Gasteiger partial charge in [0, 0.05) is 0 Å². The maximum Gasteiger partial charge on any atom is 0.272 e. The van der Waals surface area contributed by atoms with Crippen LogP contribution in [0.4, 0.5) is 0 Å². The van der Waals surface area contributed by atoms with Crippen molar-refractivity contribution >= 4 is 22.7 Å². The number of hydrogen-bond acceptors (Lipinski definition) is 2. The van der Waals surface area contributed by atoms with Crippen LogP contribution in [-0.4, -0.2) is 20.9 Å². The molecule has 0 aliphatic heterocycles. The van der Waals surface area contributed by atoms with Crippen molar-refractivity contribution in [2.24, 2.45) is 0 Å². The summed E-state index contributed by atoms with van der Waals surface area (Å²) < 4.78 is 30.2. The first-order valence-electron chi connectivity index (χ1n) is 3.38. The van der Waals surface area contributed by atoms with E-state index < -0.39 is 17.5 Å². The van der Waals surface area contributed by atoms with Crippen LogP contribution in [0.25, 0.3) is 0 Å². The molecule has 1 radical (unpaired) electrons. The van der Waals surface area contributed by atoms with Crippen molar-refractivity contribution in [1.29, 1.82) is 0 Å². The predicted molar refractivity (Wildman–Crippen MR) is 49.2 cm³/mol. The largest absolute Gasteiger partial charge is 0.291 e. The van der Waals surface area contributed by atoms with Crippen molar-refractivity contribution in [3.05, 3.63) is 30.3 Å². The second-order valence-electron chi connectivity index (χ2n) is 2.40. The molecule has 0 heterocycles. The molecule has 65 valence electrons. The topological polar surface area (TPSA) is 54.4 Å². The number of hydrogen-bond donors (Lipinski definition) is 1. The summed E-state index contributed by atoms with van der Waals surface area (Å²) in [4.78, 5) is 0. The highest BCUT2D eigenvalue weighted by Crippen LogP contribution is 1.94. The summed E-state index contributed by atoms with van der Waals surface area (Å²) in [5, 5.41) is 0.699. The number of rotatable bonds is 2. The van der Waals surface area contributed by atoms with Crippen LogP contribution in [0.2, 0.25) is 6.55 Å². The standard InChI is InChI=1S/C7H9O3SSi/c1-12(11(8,9)10)7-5-3-2-4-6-7/h2-6H,1H3,(H,8,9,10). The van der Waals surface area contributed by atoms with Crippen molar-refractivity contribution < 1.29 is 13.0 Å². The van der Waals surface area contributed by atoms with Crippen molar-refractivity contribution in [1.82, 2.24) is 0 Å². The Morgan fingerprint density at radius 1 is 1.25 bits per heavy atom. The second-order valence-corrected chi connectivity index (χ2v) is 8.42. The first kappa shape index (κ1) is 9.44. The van der Waals surface area contributed by atoms with E-state index in [2.05, 4.69) is 0 Å². The Hall–Kier alpha value is -0.653. The van der Waals surface area contributed by atoms with Crippen LogP contribution < -0.4 is 5.19 Å². The molecule has 3 nitrogen and oxygen atoms in total. The smallest absolute Gasteiger partial charge is 0.272 e. The van der Waals surface area contributed by atoms with Gasteiger partial charge in [0.25, 0.3) is 7.95 Å². The van der Waals surface area contributed by atoms with E-state index in [1.54, 1.807) is 30.8 Å². The minimum absolute atomic E-state index is 0.699. The molecule has 0 spiro atoms. The lowest BCUT2D eigenvalue weighted by atomic mass is 10.4. The SMILES string of the molecule is C[Si](c1ccccc1)S(=O)(=O)O. The molecule has 5 heteroatoms. The summed E-state index contributed by atoms with van der Waals surface area (Å²) in [5.74, 6) is 0. The lowest BCUT2D eigenvalue weighted by Gasteiger charge is -2.03. The minimum atomic E-state index is -3.85. The zero-order chi connectivity index (χ0) is 9.19. The average molecular weight is 201 g/mol. The fourth-order valence-electron chi connectivity index (χ4n) is 0.822. The van der Waals surface area contributed by atoms with Gasteiger partial charge in [-0.15, -0.1) is 0 Å². The second kappa shape index (κ2) is 3.38. The molecule has 1 aromatic rings. The maximum absolute atomic E-state index is 10.7. The van der Waals surface area contributed by atoms with E-state index in [1.165, 1.54) is 0 Å². The van der Waals surface area contributed by atoms with Gasteiger partial charge in [0.05, 0.1) is 0 Å². The number of benzene rings is 1. The van der Waals surface area contributed by atoms with Crippen LogP contribution in [0, 0.1) is 0 Å². The lowest BCUT2D eigenvalue weighted by molar-refractivity contribution is 0.500. The van der Waals surface area contributed by atoms with Crippen LogP contribution in [0.5, 0.6) is 0 Å². The van der Waals surface area contributed by atoms with Gasteiger partial charge in [-0.3, -0.25) is 4.55 Å². The first-order valence-corrected chi connectivity index (χ1v) is 7.55. The van der Waals surface area contributed by atoms with Gasteiger partial charge in [-0.1, -0.05) is 36.9 Å². The predicted octanol–water partition coefficient (Wildman–Crippen LogP) is 0.403. The molecule has 0 unspecified atom stereocenters. The summed E-state index contributed by atoms with van der Waals surface area (Å²) >= 11 is 0. The third kappa shape index (κ3) is 2.16. The van der Waals surface area contributed by atoms with Gasteiger partial charge < -0.3 is 0 Å². The molecule has 0 aliphatic rings. The Kier molecular flexibility index (Phi) is 2.66. The Labute approximate surface area is 73.0 Å². The highest BCUT2D eigenvalue weighted by molar-refractivity contribution is 8.15. The van der Waals surface area contributed by atoms with Crippen molar-refractivity contribution in [2.75, 3.05) is 0 Å². The molecular formula is C7H9O3SSi. The molecule has 0 saturated heterocycles. The maximum atomic E-state index is 10.7. The fourth-order valence-corrected chi connectivity index (χ4v) is 3.08. The molecule has 1 rings (SSSR count). The summed E-state index contributed by atoms with van der Waals surface area (Å²) in [5.41, 5.74) is 0. The van der Waals surface area contributed by atoms with Crippen LogP contribution in [0.3, 0.4) is 0 Å². The third-order valence-corrected chi connectivity index (χ3v) is 6.52. The van der Waals surface area contributed by atoms with Gasteiger partial charge >= 0.3 is 0 Å². The van der Waals surface area contributed by atoms with Crippen molar-refractivity contribution in [3.63, 3.8) is 0 Å². The molecule has 0 fully saturated rings. The van der Waals surface area contributed by atoms with Crippen LogP contribution in [-0.2, 0) is 9.57 Å². The van der Waals surface area contributed by atoms with E-state index in [0.29, 0.717) is 5.19 Å². The third-order valence-electron chi connectivity index (χ3n) is 1.57. The highest BCUT2D eigenvalue weighted by Gasteiger charge is 2.22. The monoisotopic (exact) mass is 201 g/mol. The molecule has 0 atom stereocenters. The quantitative estimate of drug-likeness (QED) is 0.557. The fraction of sp³-hybridized carbons (Fsp3) is 0.143. The Bertz CT molecular complexity index is 346. The van der Waals surface area contributed by atoms with Crippen molar-refractivity contribution in [3.8, 4) is 0 Å². The van der Waals surface area contributed by atoms with Gasteiger partial charge in [0.2, 0.25) is 9.57 Å². The molecular weight excluding hydrogens is 192 g/mol. The van der Waals surface area contributed by atoms with E-state index in [4.69, 9.17) is 4.55 Å². The van der Waals surface area contributed by atoms with E-state index >= 15 is 0 Å². The van der Waals surface area contributed by atoms with E-state index in [0.717, 1.165) is 0 Å². The van der Waals surface area contributed by atoms with Gasteiger partial charge in [-0.25, -0.2) is 8.42 Å². The highest BCUT2D eigenvalue weighted by atomic mass is 32.4.